The lowest BCUT2D eigenvalue weighted by Gasteiger charge is -2.40. The van der Waals surface area contributed by atoms with Crippen molar-refractivity contribution >= 4 is 11.8 Å². The summed E-state index contributed by atoms with van der Waals surface area (Å²) in [7, 11) is 0. The zero-order valence-electron chi connectivity index (χ0n) is 23.8. The molecule has 2 amide bonds. The van der Waals surface area contributed by atoms with Gasteiger partial charge in [-0.05, 0) is 68.1 Å². The van der Waals surface area contributed by atoms with Gasteiger partial charge in [-0.2, -0.15) is 0 Å². The van der Waals surface area contributed by atoms with Crippen molar-refractivity contribution in [1.29, 1.82) is 0 Å². The first-order chi connectivity index (χ1) is 18.0. The molecule has 0 aromatic heterocycles. The lowest BCUT2D eigenvalue weighted by molar-refractivity contribution is -0.128. The van der Waals surface area contributed by atoms with Crippen LogP contribution in [0.15, 0.2) is 54.6 Å². The summed E-state index contributed by atoms with van der Waals surface area (Å²) in [5.41, 5.74) is 3.20. The molecule has 0 radical (unpaired) electrons. The maximum atomic E-state index is 13.5. The molecule has 0 bridgehead atoms. The van der Waals surface area contributed by atoms with Crippen molar-refractivity contribution in [1.82, 2.24) is 16.0 Å². The molecule has 0 saturated heterocycles. The van der Waals surface area contributed by atoms with Gasteiger partial charge in [-0.15, -0.1) is 0 Å². The van der Waals surface area contributed by atoms with Gasteiger partial charge in [-0.3, -0.25) is 9.59 Å². The molecule has 1 fully saturated rings. The third kappa shape index (κ3) is 8.95. The summed E-state index contributed by atoms with van der Waals surface area (Å²) >= 11 is 0. The minimum absolute atomic E-state index is 0.00191. The number of aliphatic hydroxyl groups excluding tert-OH is 1. The minimum atomic E-state index is -0.734. The lowest BCUT2D eigenvalue weighted by atomic mass is 9.72. The van der Waals surface area contributed by atoms with Crippen molar-refractivity contribution in [3.05, 3.63) is 71.3 Å². The fourth-order valence-corrected chi connectivity index (χ4v) is 5.66. The maximum Gasteiger partial charge on any atom is 0.223 e. The molecule has 2 aromatic carbocycles. The number of benzene rings is 2. The standard InChI is InChI=1S/C32H47N3O3/c1-22(2)26-14-9-13-25(17-26)20-33-21-30(37)29(18-24-11-7-6-8-12-24)34-31(38)27-15-10-16-28(19-27)32(4,5)35-23(3)36/h6-9,11-14,17,22,27-30,33,37H,10,15-16,18-21H2,1-5H3,(H,34,38)(H,35,36)/t27-,28+,29+,30-/m1/s1. The third-order valence-electron chi connectivity index (χ3n) is 7.95. The molecule has 4 N–H and O–H groups in total. The SMILES string of the molecule is CC(=O)NC(C)(C)[C@H]1CCC[C@@H](C(=O)N[C@@H](Cc2ccccc2)[C@H](O)CNCc2cccc(C(C)C)c2)C1. The summed E-state index contributed by atoms with van der Waals surface area (Å²) in [5, 5.41) is 20.9. The Morgan fingerprint density at radius 2 is 1.74 bits per heavy atom. The molecule has 2 aromatic rings. The minimum Gasteiger partial charge on any atom is -0.390 e. The fraction of sp³-hybridized carbons (Fsp3) is 0.562. The van der Waals surface area contributed by atoms with E-state index in [0.29, 0.717) is 25.4 Å². The average molecular weight is 522 g/mol. The van der Waals surface area contributed by atoms with E-state index in [1.165, 1.54) is 11.1 Å². The Labute approximate surface area is 229 Å². The molecule has 0 unspecified atom stereocenters. The highest BCUT2D eigenvalue weighted by atomic mass is 16.3. The van der Waals surface area contributed by atoms with Crippen LogP contribution in [0.2, 0.25) is 0 Å². The van der Waals surface area contributed by atoms with Crippen LogP contribution in [0.25, 0.3) is 0 Å². The zero-order valence-corrected chi connectivity index (χ0v) is 23.8. The second kappa shape index (κ2) is 13.9. The van der Waals surface area contributed by atoms with Crippen molar-refractivity contribution in [3.63, 3.8) is 0 Å². The van der Waals surface area contributed by atoms with Crippen LogP contribution in [-0.2, 0) is 22.6 Å². The zero-order chi connectivity index (χ0) is 27.7. The van der Waals surface area contributed by atoms with E-state index in [9.17, 15) is 14.7 Å². The van der Waals surface area contributed by atoms with Crippen LogP contribution in [-0.4, -0.2) is 41.2 Å². The third-order valence-corrected chi connectivity index (χ3v) is 7.95. The Hall–Kier alpha value is -2.70. The quantitative estimate of drug-likeness (QED) is 0.326. The molecule has 6 nitrogen and oxygen atoms in total. The Balaban J connectivity index is 1.64. The number of hydrogen-bond donors (Lipinski definition) is 4. The Morgan fingerprint density at radius 1 is 1.03 bits per heavy atom. The molecule has 208 valence electrons. The van der Waals surface area contributed by atoms with E-state index in [1.807, 2.05) is 44.2 Å². The number of rotatable bonds is 12. The number of amides is 2. The molecule has 1 saturated carbocycles. The first kappa shape index (κ1) is 29.9. The van der Waals surface area contributed by atoms with Gasteiger partial charge in [0.2, 0.25) is 11.8 Å². The normalized spacial score (nSPS) is 19.6. The van der Waals surface area contributed by atoms with E-state index in [-0.39, 0.29) is 29.2 Å². The Kier molecular flexibility index (Phi) is 10.9. The van der Waals surface area contributed by atoms with Gasteiger partial charge in [-0.25, -0.2) is 0 Å². The van der Waals surface area contributed by atoms with Crippen molar-refractivity contribution in [2.24, 2.45) is 11.8 Å². The van der Waals surface area contributed by atoms with Gasteiger partial charge < -0.3 is 21.1 Å². The molecule has 38 heavy (non-hydrogen) atoms. The van der Waals surface area contributed by atoms with Gasteiger partial charge in [-0.1, -0.05) is 74.9 Å². The average Bonchev–Trinajstić information content (AvgIpc) is 2.88. The van der Waals surface area contributed by atoms with Crippen molar-refractivity contribution in [3.8, 4) is 0 Å². The molecule has 1 aliphatic carbocycles. The molecule has 4 atom stereocenters. The predicted octanol–water partition coefficient (Wildman–Crippen LogP) is 4.71. The van der Waals surface area contributed by atoms with Gasteiger partial charge in [0.1, 0.15) is 0 Å². The smallest absolute Gasteiger partial charge is 0.223 e. The van der Waals surface area contributed by atoms with E-state index in [0.717, 1.165) is 31.2 Å². The summed E-state index contributed by atoms with van der Waals surface area (Å²) in [5.74, 6) is 0.527. The molecule has 6 heteroatoms. The highest BCUT2D eigenvalue weighted by Crippen LogP contribution is 2.36. The van der Waals surface area contributed by atoms with E-state index < -0.39 is 12.1 Å². The summed E-state index contributed by atoms with van der Waals surface area (Å²) in [4.78, 5) is 25.2. The number of aliphatic hydroxyl groups is 1. The van der Waals surface area contributed by atoms with Gasteiger partial charge in [0, 0.05) is 31.5 Å². The summed E-state index contributed by atoms with van der Waals surface area (Å²) in [6, 6.07) is 18.1. The summed E-state index contributed by atoms with van der Waals surface area (Å²) in [6.45, 7) is 11.0. The number of carbonyl (C=O) groups is 2. The maximum absolute atomic E-state index is 13.5. The Bertz CT molecular complexity index is 1040. The molecule has 3 rings (SSSR count). The number of hydrogen-bond acceptors (Lipinski definition) is 4. The lowest BCUT2D eigenvalue weighted by Crippen LogP contribution is -2.53. The van der Waals surface area contributed by atoms with E-state index in [2.05, 4.69) is 54.1 Å². The number of carbonyl (C=O) groups excluding carboxylic acids is 2. The molecule has 1 aliphatic rings. The monoisotopic (exact) mass is 521 g/mol. The second-order valence-electron chi connectivity index (χ2n) is 11.9. The first-order valence-corrected chi connectivity index (χ1v) is 14.2. The first-order valence-electron chi connectivity index (χ1n) is 14.2. The van der Waals surface area contributed by atoms with E-state index >= 15 is 0 Å². The van der Waals surface area contributed by atoms with Crippen molar-refractivity contribution in [2.45, 2.75) is 96.9 Å². The van der Waals surface area contributed by atoms with Crippen LogP contribution in [0, 0.1) is 11.8 Å². The van der Waals surface area contributed by atoms with Gasteiger partial charge in [0.25, 0.3) is 0 Å². The highest BCUT2D eigenvalue weighted by molar-refractivity contribution is 5.79. The molecule has 0 heterocycles. The van der Waals surface area contributed by atoms with Crippen LogP contribution in [0.3, 0.4) is 0 Å². The van der Waals surface area contributed by atoms with Gasteiger partial charge in [0.15, 0.2) is 0 Å². The van der Waals surface area contributed by atoms with E-state index in [4.69, 9.17) is 0 Å². The van der Waals surface area contributed by atoms with Gasteiger partial charge >= 0.3 is 0 Å². The van der Waals surface area contributed by atoms with Crippen LogP contribution in [0.1, 0.15) is 82.9 Å². The molecule has 0 aliphatic heterocycles. The van der Waals surface area contributed by atoms with Crippen molar-refractivity contribution in [2.75, 3.05) is 6.54 Å². The predicted molar refractivity (Wildman–Crippen MR) is 154 cm³/mol. The summed E-state index contributed by atoms with van der Waals surface area (Å²) in [6.07, 6.45) is 3.34. The summed E-state index contributed by atoms with van der Waals surface area (Å²) < 4.78 is 0. The van der Waals surface area contributed by atoms with Crippen LogP contribution in [0.4, 0.5) is 0 Å². The fourth-order valence-electron chi connectivity index (χ4n) is 5.66. The van der Waals surface area contributed by atoms with Crippen LogP contribution < -0.4 is 16.0 Å². The molecular formula is C32H47N3O3. The highest BCUT2D eigenvalue weighted by Gasteiger charge is 2.37. The van der Waals surface area contributed by atoms with Gasteiger partial charge in [0.05, 0.1) is 12.1 Å². The van der Waals surface area contributed by atoms with E-state index in [1.54, 1.807) is 6.92 Å². The topological polar surface area (TPSA) is 90.5 Å². The second-order valence-corrected chi connectivity index (χ2v) is 11.9. The number of nitrogens with one attached hydrogen (secondary N) is 3. The molecule has 0 spiro atoms. The molecular weight excluding hydrogens is 474 g/mol. The van der Waals surface area contributed by atoms with Crippen molar-refractivity contribution < 1.29 is 14.7 Å². The van der Waals surface area contributed by atoms with Crippen LogP contribution >= 0.6 is 0 Å². The van der Waals surface area contributed by atoms with Crippen LogP contribution in [0.5, 0.6) is 0 Å². The largest absolute Gasteiger partial charge is 0.390 e. The Morgan fingerprint density at radius 3 is 2.42 bits per heavy atom.